The minimum Gasteiger partial charge on any atom is -0.345 e. The highest BCUT2D eigenvalue weighted by atomic mass is 35.5. The zero-order chi connectivity index (χ0) is 13.1. The number of nitrogens with zero attached hydrogens (tertiary/aromatic N) is 1. The van der Waals surface area contributed by atoms with E-state index >= 15 is 0 Å². The van der Waals surface area contributed by atoms with E-state index in [9.17, 15) is 9.00 Å². The van der Waals surface area contributed by atoms with Crippen LogP contribution in [0.15, 0.2) is 29.2 Å². The average Bonchev–Trinajstić information content (AvgIpc) is 2.53. The summed E-state index contributed by atoms with van der Waals surface area (Å²) in [5, 5.41) is 0.193. The predicted molar refractivity (Wildman–Crippen MR) is 73.1 cm³/mol. The molecule has 0 N–H and O–H groups in total. The highest BCUT2D eigenvalue weighted by Crippen LogP contribution is 2.22. The van der Waals surface area contributed by atoms with E-state index < -0.39 is 16.0 Å². The van der Waals surface area contributed by atoms with E-state index in [1.807, 2.05) is 0 Å². The molecule has 2 unspecified atom stereocenters. The molecule has 2 rings (SSSR count). The molecule has 5 heteroatoms. The van der Waals surface area contributed by atoms with Gasteiger partial charge in [-0.15, -0.1) is 0 Å². The first-order valence-corrected chi connectivity index (χ1v) is 7.60. The van der Waals surface area contributed by atoms with Crippen molar-refractivity contribution in [3.8, 4) is 0 Å². The molecule has 1 heterocycles. The van der Waals surface area contributed by atoms with Crippen molar-refractivity contribution in [2.45, 2.75) is 29.4 Å². The molecule has 2 atom stereocenters. The molecule has 0 bridgehead atoms. The van der Waals surface area contributed by atoms with Crippen molar-refractivity contribution in [2.24, 2.45) is 0 Å². The van der Waals surface area contributed by atoms with E-state index in [4.69, 9.17) is 11.6 Å². The number of benzene rings is 1. The Balaban J connectivity index is 2.21. The van der Waals surface area contributed by atoms with Gasteiger partial charge >= 0.3 is 0 Å². The molecule has 3 nitrogen and oxygen atoms in total. The Kier molecular flexibility index (Phi) is 4.40. The number of carbonyl (C=O) groups excluding carboxylic acids is 1. The maximum atomic E-state index is 12.4. The summed E-state index contributed by atoms with van der Waals surface area (Å²) >= 11 is 5.81. The van der Waals surface area contributed by atoms with Crippen LogP contribution in [-0.4, -0.2) is 33.9 Å². The first kappa shape index (κ1) is 13.6. The van der Waals surface area contributed by atoms with Crippen molar-refractivity contribution in [1.29, 1.82) is 0 Å². The van der Waals surface area contributed by atoms with Gasteiger partial charge in [-0.05, 0) is 43.5 Å². The molecule has 0 spiro atoms. The van der Waals surface area contributed by atoms with Crippen LogP contribution in [0.2, 0.25) is 5.02 Å². The minimum absolute atomic E-state index is 0.0132. The van der Waals surface area contributed by atoms with Gasteiger partial charge in [-0.1, -0.05) is 11.6 Å². The van der Waals surface area contributed by atoms with Crippen molar-refractivity contribution < 1.29 is 9.00 Å². The Labute approximate surface area is 115 Å². The lowest BCUT2D eigenvalue weighted by atomic mass is 10.2. The number of amides is 1. The van der Waals surface area contributed by atoms with Crippen LogP contribution in [0.25, 0.3) is 0 Å². The summed E-state index contributed by atoms with van der Waals surface area (Å²) in [6, 6.07) is 6.88. The van der Waals surface area contributed by atoms with Gasteiger partial charge < -0.3 is 4.90 Å². The quantitative estimate of drug-likeness (QED) is 0.837. The van der Waals surface area contributed by atoms with Crippen LogP contribution in [0, 0.1) is 0 Å². The molecule has 18 heavy (non-hydrogen) atoms. The van der Waals surface area contributed by atoms with Crippen molar-refractivity contribution in [3.05, 3.63) is 29.3 Å². The molecule has 0 aromatic heterocycles. The highest BCUT2D eigenvalue weighted by Gasteiger charge is 2.30. The van der Waals surface area contributed by atoms with E-state index in [2.05, 4.69) is 0 Å². The lowest BCUT2D eigenvalue weighted by Crippen LogP contribution is -2.37. The van der Waals surface area contributed by atoms with Crippen molar-refractivity contribution >= 4 is 28.3 Å². The number of hydrogen-bond donors (Lipinski definition) is 0. The third-order valence-corrected chi connectivity index (χ3v) is 5.11. The Bertz CT molecular complexity index is 461. The normalized spacial score (nSPS) is 22.7. The van der Waals surface area contributed by atoms with Crippen LogP contribution in [-0.2, 0) is 15.6 Å². The molecule has 1 amide bonds. The van der Waals surface area contributed by atoms with Crippen LogP contribution in [0.3, 0.4) is 0 Å². The third kappa shape index (κ3) is 2.93. The third-order valence-electron chi connectivity index (χ3n) is 3.17. The molecule has 1 aromatic carbocycles. The van der Waals surface area contributed by atoms with E-state index in [0.29, 0.717) is 16.3 Å². The van der Waals surface area contributed by atoms with Gasteiger partial charge in [-0.3, -0.25) is 9.00 Å². The first-order valence-electron chi connectivity index (χ1n) is 6.00. The Morgan fingerprint density at radius 2 is 1.94 bits per heavy atom. The fourth-order valence-corrected chi connectivity index (χ4v) is 3.69. The van der Waals surface area contributed by atoms with E-state index in [1.165, 1.54) is 0 Å². The minimum atomic E-state index is -1.29. The summed E-state index contributed by atoms with van der Waals surface area (Å²) in [5.41, 5.74) is 0. The van der Waals surface area contributed by atoms with Gasteiger partial charge in [-0.25, -0.2) is 0 Å². The largest absolute Gasteiger partial charge is 0.345 e. The SMILES string of the molecule is CN1CCCCC(S(=O)c2ccc(Cl)cc2)C1=O. The van der Waals surface area contributed by atoms with Gasteiger partial charge in [0.2, 0.25) is 5.91 Å². The second-order valence-corrected chi connectivity index (χ2v) is 6.57. The van der Waals surface area contributed by atoms with E-state index in [1.54, 1.807) is 36.2 Å². The zero-order valence-electron chi connectivity index (χ0n) is 10.3. The molecule has 1 fully saturated rings. The van der Waals surface area contributed by atoms with Crippen molar-refractivity contribution in [3.63, 3.8) is 0 Å². The second-order valence-electron chi connectivity index (χ2n) is 4.50. The van der Waals surface area contributed by atoms with E-state index in [0.717, 1.165) is 19.4 Å². The Morgan fingerprint density at radius 3 is 2.61 bits per heavy atom. The molecular formula is C13H16ClNO2S. The van der Waals surface area contributed by atoms with Crippen molar-refractivity contribution in [2.75, 3.05) is 13.6 Å². The standard InChI is InChI=1S/C13H16ClNO2S/c1-15-9-3-2-4-12(13(15)16)18(17)11-7-5-10(14)6-8-11/h5-8,12H,2-4,9H2,1H3. The smallest absolute Gasteiger partial charge is 0.238 e. The fourth-order valence-electron chi connectivity index (χ4n) is 2.09. The number of carbonyl (C=O) groups is 1. The van der Waals surface area contributed by atoms with Crippen LogP contribution in [0.4, 0.5) is 0 Å². The zero-order valence-corrected chi connectivity index (χ0v) is 11.8. The first-order chi connectivity index (χ1) is 8.59. The van der Waals surface area contributed by atoms with Crippen molar-refractivity contribution in [1.82, 2.24) is 4.90 Å². The highest BCUT2D eigenvalue weighted by molar-refractivity contribution is 7.86. The molecule has 1 aliphatic heterocycles. The lowest BCUT2D eigenvalue weighted by molar-refractivity contribution is -0.128. The summed E-state index contributed by atoms with van der Waals surface area (Å²) in [4.78, 5) is 14.5. The molecule has 1 aromatic rings. The lowest BCUT2D eigenvalue weighted by Gasteiger charge is -2.19. The van der Waals surface area contributed by atoms with Crippen LogP contribution in [0.5, 0.6) is 0 Å². The molecule has 0 aliphatic carbocycles. The number of likely N-dealkylation sites (tertiary alicyclic amines) is 1. The van der Waals surface area contributed by atoms with Gasteiger partial charge in [0, 0.05) is 23.5 Å². The number of halogens is 1. The molecular weight excluding hydrogens is 270 g/mol. The summed E-state index contributed by atoms with van der Waals surface area (Å²) in [6.45, 7) is 0.757. The van der Waals surface area contributed by atoms with Gasteiger partial charge in [0.05, 0.1) is 10.8 Å². The number of hydrogen-bond acceptors (Lipinski definition) is 2. The second kappa shape index (κ2) is 5.85. The molecule has 0 radical (unpaired) electrons. The number of rotatable bonds is 2. The van der Waals surface area contributed by atoms with Gasteiger partial charge in [0.1, 0.15) is 5.25 Å². The predicted octanol–water partition coefficient (Wildman–Crippen LogP) is 2.46. The molecule has 1 aliphatic rings. The summed E-state index contributed by atoms with van der Waals surface area (Å²) in [6.07, 6.45) is 2.62. The van der Waals surface area contributed by atoms with E-state index in [-0.39, 0.29) is 5.91 Å². The Morgan fingerprint density at radius 1 is 1.28 bits per heavy atom. The van der Waals surface area contributed by atoms with Gasteiger partial charge in [0.25, 0.3) is 0 Å². The average molecular weight is 286 g/mol. The fraction of sp³-hybridized carbons (Fsp3) is 0.462. The molecule has 0 saturated carbocycles. The maximum absolute atomic E-state index is 12.4. The van der Waals surface area contributed by atoms with Gasteiger partial charge in [0.15, 0.2) is 0 Å². The van der Waals surface area contributed by atoms with Crippen LogP contribution < -0.4 is 0 Å². The Hall–Kier alpha value is -0.870. The van der Waals surface area contributed by atoms with Gasteiger partial charge in [-0.2, -0.15) is 0 Å². The molecule has 1 saturated heterocycles. The monoisotopic (exact) mass is 285 g/mol. The summed E-state index contributed by atoms with van der Waals surface area (Å²) in [7, 11) is 0.488. The summed E-state index contributed by atoms with van der Waals surface area (Å²) in [5.74, 6) is -0.0132. The topological polar surface area (TPSA) is 37.4 Å². The van der Waals surface area contributed by atoms with Crippen LogP contribution >= 0.6 is 11.6 Å². The van der Waals surface area contributed by atoms with Crippen LogP contribution in [0.1, 0.15) is 19.3 Å². The maximum Gasteiger partial charge on any atom is 0.238 e. The molecule has 98 valence electrons. The summed E-state index contributed by atoms with van der Waals surface area (Å²) < 4.78 is 12.4.